The van der Waals surface area contributed by atoms with Crippen molar-refractivity contribution < 1.29 is 21.9 Å². The number of pyridine rings is 1. The van der Waals surface area contributed by atoms with Gasteiger partial charge in [0.05, 0.1) is 16.8 Å². The second-order valence-electron chi connectivity index (χ2n) is 2.64. The third-order valence-electron chi connectivity index (χ3n) is 1.65. The van der Waals surface area contributed by atoms with Gasteiger partial charge in [0, 0.05) is 12.3 Å². The highest BCUT2D eigenvalue weighted by atomic mass is 32.2. The molecule has 0 saturated carbocycles. The van der Waals surface area contributed by atoms with E-state index in [1.807, 2.05) is 0 Å². The number of alkyl halides is 2. The molecule has 0 aromatic carbocycles. The highest BCUT2D eigenvalue weighted by Gasteiger charge is 2.14. The monoisotopic (exact) mass is 237 g/mol. The Labute approximate surface area is 85.8 Å². The second kappa shape index (κ2) is 4.52. The van der Waals surface area contributed by atoms with Gasteiger partial charge in [-0.2, -0.15) is 8.78 Å². The zero-order valence-corrected chi connectivity index (χ0v) is 8.67. The van der Waals surface area contributed by atoms with Crippen LogP contribution in [0.25, 0.3) is 0 Å². The predicted octanol–water partition coefficient (Wildman–Crippen LogP) is 1.48. The molecule has 0 aliphatic heterocycles. The molecular formula is C8H9F2NO3S. The normalized spacial score (nSPS) is 11.7. The number of sulfone groups is 1. The molecule has 84 valence electrons. The van der Waals surface area contributed by atoms with Crippen molar-refractivity contribution in [1.29, 1.82) is 0 Å². The number of nitrogens with zero attached hydrogens (tertiary/aromatic N) is 1. The molecule has 4 nitrogen and oxygen atoms in total. The van der Waals surface area contributed by atoms with Crippen molar-refractivity contribution in [3.05, 3.63) is 18.5 Å². The molecule has 0 bridgehead atoms. The molecule has 7 heteroatoms. The van der Waals surface area contributed by atoms with Crippen LogP contribution < -0.4 is 4.74 Å². The minimum absolute atomic E-state index is 0.118. The minimum Gasteiger partial charge on any atom is -0.433 e. The summed E-state index contributed by atoms with van der Waals surface area (Å²) in [7, 11) is -3.44. The molecule has 0 atom stereocenters. The van der Waals surface area contributed by atoms with Gasteiger partial charge in [-0.15, -0.1) is 0 Å². The number of rotatable bonds is 4. The maximum Gasteiger partial charge on any atom is 0.387 e. The molecule has 0 aliphatic carbocycles. The van der Waals surface area contributed by atoms with Gasteiger partial charge in [-0.1, -0.05) is 6.92 Å². The molecule has 1 aromatic rings. The summed E-state index contributed by atoms with van der Waals surface area (Å²) in [5, 5.41) is 0. The van der Waals surface area contributed by atoms with Crippen LogP contribution in [-0.2, 0) is 9.84 Å². The quantitative estimate of drug-likeness (QED) is 0.795. The number of ether oxygens (including phenoxy) is 1. The van der Waals surface area contributed by atoms with Gasteiger partial charge >= 0.3 is 6.61 Å². The highest BCUT2D eigenvalue weighted by molar-refractivity contribution is 7.91. The maximum absolute atomic E-state index is 11.8. The van der Waals surface area contributed by atoms with E-state index in [0.29, 0.717) is 0 Å². The van der Waals surface area contributed by atoms with Crippen LogP contribution in [-0.4, -0.2) is 25.8 Å². The van der Waals surface area contributed by atoms with Crippen molar-refractivity contribution in [2.75, 3.05) is 5.75 Å². The number of aromatic nitrogens is 1. The molecule has 0 spiro atoms. The van der Waals surface area contributed by atoms with E-state index in [1.165, 1.54) is 6.92 Å². The molecule has 1 aromatic heterocycles. The van der Waals surface area contributed by atoms with Crippen LogP contribution in [0.15, 0.2) is 23.4 Å². The molecular weight excluding hydrogens is 228 g/mol. The summed E-state index contributed by atoms with van der Waals surface area (Å²) < 4.78 is 50.4. The molecule has 0 aliphatic rings. The van der Waals surface area contributed by atoms with Crippen molar-refractivity contribution in [3.8, 4) is 5.75 Å². The van der Waals surface area contributed by atoms with Crippen molar-refractivity contribution in [3.63, 3.8) is 0 Å². The van der Waals surface area contributed by atoms with Gasteiger partial charge < -0.3 is 4.74 Å². The van der Waals surface area contributed by atoms with Gasteiger partial charge in [0.25, 0.3) is 0 Å². The zero-order valence-electron chi connectivity index (χ0n) is 7.85. The van der Waals surface area contributed by atoms with Crippen LogP contribution in [0, 0.1) is 0 Å². The van der Waals surface area contributed by atoms with E-state index in [2.05, 4.69) is 9.72 Å². The van der Waals surface area contributed by atoms with E-state index >= 15 is 0 Å². The van der Waals surface area contributed by atoms with Crippen molar-refractivity contribution in [1.82, 2.24) is 4.98 Å². The summed E-state index contributed by atoms with van der Waals surface area (Å²) in [5.41, 5.74) is 0. The smallest absolute Gasteiger partial charge is 0.387 e. The maximum atomic E-state index is 11.8. The van der Waals surface area contributed by atoms with Crippen LogP contribution in [0.3, 0.4) is 0 Å². The fourth-order valence-corrected chi connectivity index (χ4v) is 1.75. The summed E-state index contributed by atoms with van der Waals surface area (Å²) in [4.78, 5) is 3.39. The summed E-state index contributed by atoms with van der Waals surface area (Å²) in [6, 6.07) is 1.03. The zero-order chi connectivity index (χ0) is 11.5. The van der Waals surface area contributed by atoms with Gasteiger partial charge in [-0.05, 0) is 0 Å². The lowest BCUT2D eigenvalue weighted by molar-refractivity contribution is -0.0502. The van der Waals surface area contributed by atoms with Crippen LogP contribution >= 0.6 is 0 Å². The summed E-state index contributed by atoms with van der Waals surface area (Å²) >= 11 is 0. The van der Waals surface area contributed by atoms with Crippen LogP contribution in [0.1, 0.15) is 6.92 Å². The fourth-order valence-electron chi connectivity index (χ4n) is 0.903. The first-order valence-corrected chi connectivity index (χ1v) is 5.73. The highest BCUT2D eigenvalue weighted by Crippen LogP contribution is 2.18. The molecule has 0 radical (unpaired) electrons. The van der Waals surface area contributed by atoms with Gasteiger partial charge in [0.15, 0.2) is 9.84 Å². The van der Waals surface area contributed by atoms with Gasteiger partial charge in [-0.25, -0.2) is 8.42 Å². The molecule has 0 amide bonds. The first kappa shape index (κ1) is 11.8. The third-order valence-corrected chi connectivity index (χ3v) is 3.35. The first-order chi connectivity index (χ1) is 6.95. The molecule has 0 unspecified atom stereocenters. The average Bonchev–Trinajstić information content (AvgIpc) is 2.17. The van der Waals surface area contributed by atoms with E-state index in [0.717, 1.165) is 18.5 Å². The molecule has 15 heavy (non-hydrogen) atoms. The number of halogens is 2. The Morgan fingerprint density at radius 1 is 1.47 bits per heavy atom. The molecule has 0 fully saturated rings. The second-order valence-corrected chi connectivity index (χ2v) is 4.92. The molecule has 0 N–H and O–H groups in total. The standard InChI is InChI=1S/C8H9F2NO3S/c1-2-15(12,13)7-3-6(4-11-5-7)14-8(9)10/h3-5,8H,2H2,1H3. The van der Waals surface area contributed by atoms with Gasteiger partial charge in [0.2, 0.25) is 0 Å². The van der Waals surface area contributed by atoms with Crippen LogP contribution in [0.5, 0.6) is 5.75 Å². The Hall–Kier alpha value is -1.24. The van der Waals surface area contributed by atoms with Crippen molar-refractivity contribution in [2.24, 2.45) is 0 Å². The van der Waals surface area contributed by atoms with Gasteiger partial charge in [-0.3, -0.25) is 4.98 Å². The van der Waals surface area contributed by atoms with Crippen LogP contribution in [0.4, 0.5) is 8.78 Å². The van der Waals surface area contributed by atoms with Gasteiger partial charge in [0.1, 0.15) is 5.75 Å². The third kappa shape index (κ3) is 3.12. The predicted molar refractivity (Wildman–Crippen MR) is 48.6 cm³/mol. The lowest BCUT2D eigenvalue weighted by Gasteiger charge is -2.05. The number of hydrogen-bond acceptors (Lipinski definition) is 4. The number of hydrogen-bond donors (Lipinski definition) is 0. The van der Waals surface area contributed by atoms with Crippen molar-refractivity contribution in [2.45, 2.75) is 18.4 Å². The Kier molecular flexibility index (Phi) is 3.57. The fraction of sp³-hybridized carbons (Fsp3) is 0.375. The van der Waals surface area contributed by atoms with Crippen molar-refractivity contribution >= 4 is 9.84 Å². The Bertz CT molecular complexity index is 433. The summed E-state index contributed by atoms with van der Waals surface area (Å²) in [5.74, 6) is -0.383. The topological polar surface area (TPSA) is 56.3 Å². The van der Waals surface area contributed by atoms with E-state index < -0.39 is 16.4 Å². The average molecular weight is 237 g/mol. The Balaban J connectivity index is 3.03. The largest absolute Gasteiger partial charge is 0.433 e. The van der Waals surface area contributed by atoms with E-state index in [1.54, 1.807) is 0 Å². The van der Waals surface area contributed by atoms with E-state index in [4.69, 9.17) is 0 Å². The first-order valence-electron chi connectivity index (χ1n) is 4.08. The summed E-state index contributed by atoms with van der Waals surface area (Å²) in [6.45, 7) is -1.54. The van der Waals surface area contributed by atoms with Crippen LogP contribution in [0.2, 0.25) is 0 Å². The Morgan fingerprint density at radius 3 is 2.67 bits per heavy atom. The lowest BCUT2D eigenvalue weighted by Crippen LogP contribution is -2.06. The summed E-state index contributed by atoms with van der Waals surface area (Å²) in [6.07, 6.45) is 2.12. The molecule has 1 heterocycles. The molecule has 1 rings (SSSR count). The van der Waals surface area contributed by atoms with E-state index in [-0.39, 0.29) is 16.4 Å². The lowest BCUT2D eigenvalue weighted by atomic mass is 10.5. The Morgan fingerprint density at radius 2 is 2.13 bits per heavy atom. The molecule has 0 saturated heterocycles. The van der Waals surface area contributed by atoms with E-state index in [9.17, 15) is 17.2 Å². The minimum atomic E-state index is -3.44. The SMILES string of the molecule is CCS(=O)(=O)c1cncc(OC(F)F)c1.